The average Bonchev–Trinajstić information content (AvgIpc) is 2.26. The summed E-state index contributed by atoms with van der Waals surface area (Å²) in [5.74, 6) is 1.23. The van der Waals surface area contributed by atoms with Crippen molar-refractivity contribution >= 4 is 17.3 Å². The van der Waals surface area contributed by atoms with Crippen molar-refractivity contribution in [1.29, 1.82) is 0 Å². The van der Waals surface area contributed by atoms with Gasteiger partial charge in [-0.1, -0.05) is 17.3 Å². The Morgan fingerprint density at radius 1 is 1.77 bits per heavy atom. The molecule has 0 radical (unpaired) electrons. The Morgan fingerprint density at radius 2 is 2.38 bits per heavy atom. The van der Waals surface area contributed by atoms with Gasteiger partial charge in [0.05, 0.1) is 0 Å². The van der Waals surface area contributed by atoms with E-state index in [1.54, 1.807) is 6.92 Å². The van der Waals surface area contributed by atoms with Gasteiger partial charge < -0.3 is 5.11 Å². The molecule has 5 heteroatoms. The fourth-order valence-electron chi connectivity index (χ4n) is 0.974. The summed E-state index contributed by atoms with van der Waals surface area (Å²) >= 11 is 0.964. The molecule has 0 unspecified atom stereocenters. The van der Waals surface area contributed by atoms with Gasteiger partial charge in [-0.3, -0.25) is 14.2 Å². The second kappa shape index (κ2) is 3.46. The number of carboxylic acids is 1. The van der Waals surface area contributed by atoms with E-state index in [-0.39, 0.29) is 11.4 Å². The summed E-state index contributed by atoms with van der Waals surface area (Å²) in [6.07, 6.45) is 5.14. The summed E-state index contributed by atoms with van der Waals surface area (Å²) in [5.41, 5.74) is 0.359. The summed E-state index contributed by atoms with van der Waals surface area (Å²) in [4.78, 5) is 21.9. The third-order valence-corrected chi connectivity index (χ3v) is 2.39. The van der Waals surface area contributed by atoms with Gasteiger partial charge in [0.15, 0.2) is 0 Å². The molecule has 0 saturated carbocycles. The Bertz CT molecular complexity index is 435. The minimum absolute atomic E-state index is 0.326. The van der Waals surface area contributed by atoms with Crippen LogP contribution < -0.4 is 4.87 Å². The van der Waals surface area contributed by atoms with Crippen LogP contribution in [0.5, 0.6) is 0 Å². The van der Waals surface area contributed by atoms with Crippen LogP contribution >= 0.6 is 11.3 Å². The zero-order valence-corrected chi connectivity index (χ0v) is 7.72. The Morgan fingerprint density at radius 3 is 2.85 bits per heavy atom. The van der Waals surface area contributed by atoms with E-state index in [0.29, 0.717) is 10.6 Å². The second-order valence-electron chi connectivity index (χ2n) is 2.40. The third-order valence-electron chi connectivity index (χ3n) is 1.49. The van der Waals surface area contributed by atoms with E-state index in [0.717, 1.165) is 15.9 Å². The largest absolute Gasteiger partial charge is 0.480 e. The van der Waals surface area contributed by atoms with Gasteiger partial charge in [-0.2, -0.15) is 0 Å². The lowest BCUT2D eigenvalue weighted by atomic mass is 10.4. The number of hydrogen-bond acceptors (Lipinski definition) is 3. The van der Waals surface area contributed by atoms with Gasteiger partial charge in [-0.15, -0.1) is 6.42 Å². The number of aromatic nitrogens is 1. The lowest BCUT2D eigenvalue weighted by Gasteiger charge is -1.97. The monoisotopic (exact) mass is 197 g/mol. The van der Waals surface area contributed by atoms with Crippen molar-refractivity contribution in [3.05, 3.63) is 20.2 Å². The van der Waals surface area contributed by atoms with Crippen LogP contribution in [0, 0.1) is 19.3 Å². The van der Waals surface area contributed by atoms with Crippen molar-refractivity contribution in [2.45, 2.75) is 13.5 Å². The van der Waals surface area contributed by atoms with E-state index in [1.807, 2.05) is 0 Å². The van der Waals surface area contributed by atoms with Crippen LogP contribution in [-0.2, 0) is 11.3 Å². The molecular weight excluding hydrogens is 190 g/mol. The van der Waals surface area contributed by atoms with Crippen molar-refractivity contribution in [3.63, 3.8) is 0 Å². The average molecular weight is 197 g/mol. The number of aliphatic carboxylic acids is 1. The molecule has 1 rings (SSSR count). The molecule has 0 spiro atoms. The maximum atomic E-state index is 11.2. The third kappa shape index (κ3) is 1.79. The standard InChI is InChI=1S/C8H7NO3S/c1-3-6-5(2)13-8(12)9(6)4-7(10)11/h1H,4H2,2H3,(H,10,11). The van der Waals surface area contributed by atoms with E-state index in [1.165, 1.54) is 0 Å². The molecule has 1 heterocycles. The Labute approximate surface area is 78.4 Å². The summed E-state index contributed by atoms with van der Waals surface area (Å²) < 4.78 is 1.09. The van der Waals surface area contributed by atoms with Crippen LogP contribution in [-0.4, -0.2) is 15.6 Å². The second-order valence-corrected chi connectivity index (χ2v) is 3.56. The van der Waals surface area contributed by atoms with E-state index in [9.17, 15) is 9.59 Å². The Balaban J connectivity index is 3.27. The lowest BCUT2D eigenvalue weighted by molar-refractivity contribution is -0.137. The normalized spacial score (nSPS) is 9.54. The fraction of sp³-hybridized carbons (Fsp3) is 0.250. The number of nitrogens with zero attached hydrogens (tertiary/aromatic N) is 1. The summed E-state index contributed by atoms with van der Waals surface area (Å²) in [6.45, 7) is 1.32. The number of terminal acetylenes is 1. The maximum Gasteiger partial charge on any atom is 0.323 e. The van der Waals surface area contributed by atoms with E-state index in [4.69, 9.17) is 11.5 Å². The molecule has 0 aliphatic rings. The highest BCUT2D eigenvalue weighted by molar-refractivity contribution is 7.09. The van der Waals surface area contributed by atoms with Crippen LogP contribution in [0.3, 0.4) is 0 Å². The van der Waals surface area contributed by atoms with E-state index in [2.05, 4.69) is 5.92 Å². The molecule has 0 atom stereocenters. The number of aryl methyl sites for hydroxylation is 1. The predicted octanol–water partition coefficient (Wildman–Crippen LogP) is 0.284. The molecule has 1 aromatic rings. The number of carboxylic acid groups (broad SMARTS) is 1. The molecule has 0 aliphatic carbocycles. The van der Waals surface area contributed by atoms with Crippen molar-refractivity contribution in [1.82, 2.24) is 4.57 Å². The fourth-order valence-corrected chi connectivity index (χ4v) is 1.77. The van der Waals surface area contributed by atoms with Crippen LogP contribution in [0.1, 0.15) is 10.6 Å². The van der Waals surface area contributed by atoms with Gasteiger partial charge in [0.2, 0.25) is 0 Å². The zero-order valence-electron chi connectivity index (χ0n) is 6.90. The van der Waals surface area contributed by atoms with Crippen molar-refractivity contribution in [2.24, 2.45) is 0 Å². The molecule has 0 bridgehead atoms. The Kier molecular flexibility index (Phi) is 2.54. The van der Waals surface area contributed by atoms with Gasteiger partial charge in [-0.25, -0.2) is 0 Å². The van der Waals surface area contributed by atoms with Crippen LogP contribution in [0.2, 0.25) is 0 Å². The quantitative estimate of drug-likeness (QED) is 0.693. The van der Waals surface area contributed by atoms with Crippen molar-refractivity contribution in [2.75, 3.05) is 0 Å². The highest BCUT2D eigenvalue weighted by atomic mass is 32.1. The van der Waals surface area contributed by atoms with E-state index >= 15 is 0 Å². The molecule has 68 valence electrons. The number of hydrogen-bond donors (Lipinski definition) is 1. The molecule has 4 nitrogen and oxygen atoms in total. The number of rotatable bonds is 2. The summed E-state index contributed by atoms with van der Waals surface area (Å²) in [6, 6.07) is 0. The lowest BCUT2D eigenvalue weighted by Crippen LogP contribution is -2.20. The minimum atomic E-state index is -1.07. The molecular formula is C8H7NO3S. The first-order valence-corrected chi connectivity index (χ1v) is 4.26. The van der Waals surface area contributed by atoms with Crippen LogP contribution in [0.4, 0.5) is 0 Å². The van der Waals surface area contributed by atoms with Gasteiger partial charge >= 0.3 is 10.8 Å². The maximum absolute atomic E-state index is 11.2. The minimum Gasteiger partial charge on any atom is -0.480 e. The molecule has 1 N–H and O–H groups in total. The molecule has 13 heavy (non-hydrogen) atoms. The van der Waals surface area contributed by atoms with Crippen LogP contribution in [0.25, 0.3) is 0 Å². The molecule has 1 aromatic heterocycles. The number of carbonyl (C=O) groups is 1. The molecule has 0 aromatic carbocycles. The van der Waals surface area contributed by atoms with Crippen molar-refractivity contribution in [3.8, 4) is 12.3 Å². The predicted molar refractivity (Wildman–Crippen MR) is 48.9 cm³/mol. The van der Waals surface area contributed by atoms with E-state index < -0.39 is 5.97 Å². The van der Waals surface area contributed by atoms with Crippen molar-refractivity contribution < 1.29 is 9.90 Å². The smallest absolute Gasteiger partial charge is 0.323 e. The molecule has 0 saturated heterocycles. The first-order valence-electron chi connectivity index (χ1n) is 3.45. The number of thiazole rings is 1. The van der Waals surface area contributed by atoms with Gasteiger partial charge in [-0.05, 0) is 6.92 Å². The van der Waals surface area contributed by atoms with Gasteiger partial charge in [0.1, 0.15) is 12.2 Å². The summed E-state index contributed by atoms with van der Waals surface area (Å²) in [5, 5.41) is 8.50. The highest BCUT2D eigenvalue weighted by Gasteiger charge is 2.11. The SMILES string of the molecule is C#Cc1c(C)sc(=O)n1CC(=O)O. The highest BCUT2D eigenvalue weighted by Crippen LogP contribution is 2.09. The van der Waals surface area contributed by atoms with Crippen LogP contribution in [0.15, 0.2) is 4.79 Å². The Hall–Kier alpha value is -1.54. The molecule has 0 fully saturated rings. The topological polar surface area (TPSA) is 59.3 Å². The first kappa shape index (κ1) is 9.55. The summed E-state index contributed by atoms with van der Waals surface area (Å²) in [7, 11) is 0. The first-order chi connectivity index (χ1) is 6.06. The van der Waals surface area contributed by atoms with Gasteiger partial charge in [0.25, 0.3) is 0 Å². The van der Waals surface area contributed by atoms with Gasteiger partial charge in [0, 0.05) is 4.88 Å². The molecule has 0 amide bonds. The molecule has 0 aliphatic heterocycles. The zero-order chi connectivity index (χ0) is 10.0.